The number of anilines is 1. The summed E-state index contributed by atoms with van der Waals surface area (Å²) in [5, 5.41) is 6.44. The normalized spacial score (nSPS) is 10.5. The maximum absolute atomic E-state index is 12.3. The van der Waals surface area contributed by atoms with Crippen LogP contribution in [0.3, 0.4) is 0 Å². The van der Waals surface area contributed by atoms with Gasteiger partial charge < -0.3 is 19.9 Å². The lowest BCUT2D eigenvalue weighted by atomic mass is 10.2. The van der Waals surface area contributed by atoms with E-state index in [4.69, 9.17) is 4.74 Å². The quantitative estimate of drug-likeness (QED) is 0.717. The number of carbonyl (C=O) groups excluding carboxylic acids is 2. The maximum Gasteiger partial charge on any atom is 0.255 e. The lowest BCUT2D eigenvalue weighted by Gasteiger charge is -2.11. The third-order valence-corrected chi connectivity index (χ3v) is 4.04. The largest absolute Gasteiger partial charge is 0.493 e. The van der Waals surface area contributed by atoms with Crippen LogP contribution in [0.5, 0.6) is 5.75 Å². The van der Waals surface area contributed by atoms with E-state index >= 15 is 0 Å². The Hall–Kier alpha value is -3.28. The van der Waals surface area contributed by atoms with Crippen LogP contribution in [0, 0.1) is 0 Å². The smallest absolute Gasteiger partial charge is 0.255 e. The molecule has 0 aliphatic carbocycles. The number of carbonyl (C=O) groups is 2. The van der Waals surface area contributed by atoms with Crippen LogP contribution < -0.4 is 15.4 Å². The van der Waals surface area contributed by atoms with Crippen molar-refractivity contribution in [2.75, 3.05) is 18.5 Å². The van der Waals surface area contributed by atoms with Crippen LogP contribution in [0.25, 0.3) is 10.9 Å². The molecule has 0 aliphatic rings. The zero-order chi connectivity index (χ0) is 18.5. The molecular weight excluding hydrogens is 330 g/mol. The molecule has 1 aromatic heterocycles. The van der Waals surface area contributed by atoms with Crippen LogP contribution in [-0.2, 0) is 11.8 Å². The van der Waals surface area contributed by atoms with Crippen molar-refractivity contribution in [3.63, 3.8) is 0 Å². The van der Waals surface area contributed by atoms with Gasteiger partial charge in [0.05, 0.1) is 24.4 Å². The zero-order valence-electron chi connectivity index (χ0n) is 14.8. The molecule has 0 saturated heterocycles. The maximum atomic E-state index is 12.3. The van der Waals surface area contributed by atoms with Gasteiger partial charge >= 0.3 is 0 Å². The second kappa shape index (κ2) is 7.74. The van der Waals surface area contributed by atoms with Crippen molar-refractivity contribution >= 4 is 28.4 Å². The third kappa shape index (κ3) is 3.69. The van der Waals surface area contributed by atoms with Crippen molar-refractivity contribution in [2.24, 2.45) is 7.05 Å². The fourth-order valence-electron chi connectivity index (χ4n) is 2.80. The van der Waals surface area contributed by atoms with Gasteiger partial charge in [-0.2, -0.15) is 0 Å². The number of nitrogens with zero attached hydrogens (tertiary/aromatic N) is 1. The van der Waals surface area contributed by atoms with Crippen molar-refractivity contribution in [3.8, 4) is 5.75 Å². The highest BCUT2D eigenvalue weighted by atomic mass is 16.5. The predicted octanol–water partition coefficient (Wildman–Crippen LogP) is 2.95. The van der Waals surface area contributed by atoms with E-state index < -0.39 is 0 Å². The minimum atomic E-state index is -0.345. The molecule has 26 heavy (non-hydrogen) atoms. The van der Waals surface area contributed by atoms with Crippen LogP contribution in [0.4, 0.5) is 5.69 Å². The fraction of sp³-hybridized carbons (Fsp3) is 0.200. The van der Waals surface area contributed by atoms with Crippen molar-refractivity contribution in [1.29, 1.82) is 0 Å². The third-order valence-electron chi connectivity index (χ3n) is 4.04. The van der Waals surface area contributed by atoms with Crippen molar-refractivity contribution in [1.82, 2.24) is 9.88 Å². The summed E-state index contributed by atoms with van der Waals surface area (Å²) in [6.45, 7) is 2.20. The SMILES string of the molecule is CCOc1ccccc1C(=O)NCC(=O)Nc1cccc2c1ccn2C. The summed E-state index contributed by atoms with van der Waals surface area (Å²) < 4.78 is 7.43. The number of rotatable bonds is 6. The molecule has 0 atom stereocenters. The number of fused-ring (bicyclic) bond motifs is 1. The Balaban J connectivity index is 1.65. The molecule has 6 nitrogen and oxygen atoms in total. The van der Waals surface area contributed by atoms with Gasteiger partial charge in [0.2, 0.25) is 5.91 Å². The molecule has 6 heteroatoms. The molecular formula is C20H21N3O3. The summed E-state index contributed by atoms with van der Waals surface area (Å²) in [4.78, 5) is 24.6. The Labute approximate surface area is 151 Å². The van der Waals surface area contributed by atoms with Crippen LogP contribution in [-0.4, -0.2) is 29.5 Å². The molecule has 0 fully saturated rings. The number of para-hydroxylation sites is 1. The second-order valence-corrected chi connectivity index (χ2v) is 5.83. The number of ether oxygens (including phenoxy) is 1. The summed E-state index contributed by atoms with van der Waals surface area (Å²) in [5.41, 5.74) is 2.15. The predicted molar refractivity (Wildman–Crippen MR) is 101 cm³/mol. The molecule has 2 aromatic carbocycles. The van der Waals surface area contributed by atoms with E-state index in [9.17, 15) is 9.59 Å². The van der Waals surface area contributed by atoms with Crippen LogP contribution >= 0.6 is 0 Å². The monoisotopic (exact) mass is 351 g/mol. The van der Waals surface area contributed by atoms with Crippen molar-refractivity contribution < 1.29 is 14.3 Å². The van der Waals surface area contributed by atoms with E-state index in [0.717, 1.165) is 16.6 Å². The molecule has 134 valence electrons. The number of hydrogen-bond donors (Lipinski definition) is 2. The van der Waals surface area contributed by atoms with Crippen LogP contribution in [0.1, 0.15) is 17.3 Å². The van der Waals surface area contributed by atoms with Crippen LogP contribution in [0.2, 0.25) is 0 Å². The standard InChI is InChI=1S/C20H21N3O3/c1-3-26-18-10-5-4-7-15(18)20(25)21-13-19(24)22-16-8-6-9-17-14(16)11-12-23(17)2/h4-12H,3,13H2,1-2H3,(H,21,25)(H,22,24). The lowest BCUT2D eigenvalue weighted by Crippen LogP contribution is -2.33. The van der Waals surface area contributed by atoms with Gasteiger partial charge in [-0.15, -0.1) is 0 Å². The molecule has 0 saturated carbocycles. The van der Waals surface area contributed by atoms with Gasteiger partial charge in [0.1, 0.15) is 5.75 Å². The summed E-state index contributed by atoms with van der Waals surface area (Å²) in [6, 6.07) is 14.6. The average molecular weight is 351 g/mol. The number of amides is 2. The average Bonchev–Trinajstić information content (AvgIpc) is 3.03. The minimum Gasteiger partial charge on any atom is -0.493 e. The molecule has 0 bridgehead atoms. The molecule has 3 rings (SSSR count). The summed E-state index contributed by atoms with van der Waals surface area (Å²) in [7, 11) is 1.95. The molecule has 3 aromatic rings. The molecule has 2 N–H and O–H groups in total. The highest BCUT2D eigenvalue weighted by Gasteiger charge is 2.13. The van der Waals surface area contributed by atoms with E-state index in [0.29, 0.717) is 17.9 Å². The number of aromatic nitrogens is 1. The minimum absolute atomic E-state index is 0.123. The topological polar surface area (TPSA) is 72.4 Å². The first-order chi connectivity index (χ1) is 12.6. The van der Waals surface area contributed by atoms with Gasteiger partial charge in [-0.3, -0.25) is 9.59 Å². The Morgan fingerprint density at radius 1 is 1.08 bits per heavy atom. The Bertz CT molecular complexity index is 946. The van der Waals surface area contributed by atoms with Gasteiger partial charge in [-0.1, -0.05) is 18.2 Å². The van der Waals surface area contributed by atoms with E-state index in [1.54, 1.807) is 24.3 Å². The summed E-state index contributed by atoms with van der Waals surface area (Å²) in [5.74, 6) is -0.132. The first-order valence-electron chi connectivity index (χ1n) is 8.44. The molecule has 0 aliphatic heterocycles. The van der Waals surface area contributed by atoms with Gasteiger partial charge in [-0.25, -0.2) is 0 Å². The number of benzene rings is 2. The molecule has 0 radical (unpaired) electrons. The number of nitrogens with one attached hydrogen (secondary N) is 2. The molecule has 2 amide bonds. The highest BCUT2D eigenvalue weighted by molar-refractivity contribution is 6.04. The Morgan fingerprint density at radius 2 is 1.88 bits per heavy atom. The molecule has 0 unspecified atom stereocenters. The Morgan fingerprint density at radius 3 is 2.69 bits per heavy atom. The second-order valence-electron chi connectivity index (χ2n) is 5.83. The molecule has 1 heterocycles. The van der Waals surface area contributed by atoms with Crippen LogP contribution in [0.15, 0.2) is 54.7 Å². The van der Waals surface area contributed by atoms with E-state index in [1.165, 1.54) is 0 Å². The molecule has 0 spiro atoms. The van der Waals surface area contributed by atoms with E-state index in [-0.39, 0.29) is 18.4 Å². The van der Waals surface area contributed by atoms with Gasteiger partial charge in [0.15, 0.2) is 0 Å². The first kappa shape index (κ1) is 17.5. The highest BCUT2D eigenvalue weighted by Crippen LogP contribution is 2.23. The Kier molecular flexibility index (Phi) is 5.22. The fourth-order valence-corrected chi connectivity index (χ4v) is 2.80. The summed E-state index contributed by atoms with van der Waals surface area (Å²) >= 11 is 0. The number of aryl methyl sites for hydroxylation is 1. The van der Waals surface area contributed by atoms with E-state index in [2.05, 4.69) is 10.6 Å². The van der Waals surface area contributed by atoms with E-state index in [1.807, 2.05) is 49.0 Å². The van der Waals surface area contributed by atoms with Gasteiger partial charge in [0, 0.05) is 24.1 Å². The first-order valence-corrected chi connectivity index (χ1v) is 8.44. The van der Waals surface area contributed by atoms with Crippen molar-refractivity contribution in [3.05, 3.63) is 60.3 Å². The summed E-state index contributed by atoms with van der Waals surface area (Å²) in [6.07, 6.45) is 1.94. The van der Waals surface area contributed by atoms with Gasteiger partial charge in [-0.05, 0) is 37.3 Å². The zero-order valence-corrected chi connectivity index (χ0v) is 14.8. The lowest BCUT2D eigenvalue weighted by molar-refractivity contribution is -0.115. The van der Waals surface area contributed by atoms with Gasteiger partial charge in [0.25, 0.3) is 5.91 Å². The number of hydrogen-bond acceptors (Lipinski definition) is 3. The van der Waals surface area contributed by atoms with Crippen molar-refractivity contribution in [2.45, 2.75) is 6.92 Å².